The number of fused-ring (bicyclic) bond motifs is 1. The molecule has 7 heteroatoms. The van der Waals surface area contributed by atoms with Crippen molar-refractivity contribution in [3.8, 4) is 0 Å². The average molecular weight is 382 g/mol. The molecule has 0 radical (unpaired) electrons. The van der Waals surface area contributed by atoms with Crippen molar-refractivity contribution in [2.45, 2.75) is 19.6 Å². The molecular formula is C21H26N4O3. The quantitative estimate of drug-likeness (QED) is 0.740. The third kappa shape index (κ3) is 3.46. The largest absolute Gasteiger partial charge is 0.359 e. The number of aryl methyl sites for hydroxylation is 2. The molecule has 1 aliphatic heterocycles. The van der Waals surface area contributed by atoms with Crippen LogP contribution in [0.2, 0.25) is 0 Å². The highest BCUT2D eigenvalue weighted by Gasteiger charge is 2.51. The number of hydrogen-bond acceptors (Lipinski definition) is 4. The first-order valence-electron chi connectivity index (χ1n) is 9.18. The molecule has 1 aliphatic rings. The molecule has 3 amide bonds. The molecule has 28 heavy (non-hydrogen) atoms. The molecule has 0 saturated heterocycles. The molecule has 0 unspecified atom stereocenters. The molecule has 1 atom stereocenters. The Morgan fingerprint density at radius 3 is 2.57 bits per heavy atom. The zero-order valence-electron chi connectivity index (χ0n) is 16.6. The fourth-order valence-electron chi connectivity index (χ4n) is 3.24. The Labute approximate surface area is 165 Å². The molecule has 0 aromatic heterocycles. The summed E-state index contributed by atoms with van der Waals surface area (Å²) in [6.45, 7) is 4.84. The van der Waals surface area contributed by atoms with Crippen molar-refractivity contribution < 1.29 is 14.7 Å². The van der Waals surface area contributed by atoms with Gasteiger partial charge in [-0.05, 0) is 57.3 Å². The van der Waals surface area contributed by atoms with Crippen LogP contribution in [-0.4, -0.2) is 49.1 Å². The summed E-state index contributed by atoms with van der Waals surface area (Å²) in [5, 5.41) is 17.2. The average Bonchev–Trinajstić information content (AvgIpc) is 2.64. The number of aliphatic hydroxyl groups is 1. The van der Waals surface area contributed by atoms with Crippen molar-refractivity contribution in [3.63, 3.8) is 0 Å². The molecule has 2 aromatic rings. The number of benzene rings is 2. The lowest BCUT2D eigenvalue weighted by molar-refractivity contribution is -0.140. The molecular weight excluding hydrogens is 356 g/mol. The minimum absolute atomic E-state index is 0.329. The Kier molecular flexibility index (Phi) is 5.40. The number of para-hydroxylation sites is 1. The van der Waals surface area contributed by atoms with Crippen LogP contribution in [0.25, 0.3) is 0 Å². The number of likely N-dealkylation sites (N-methyl/N-ethyl adjacent to an activating group) is 1. The van der Waals surface area contributed by atoms with Crippen LogP contribution in [0.15, 0.2) is 42.5 Å². The van der Waals surface area contributed by atoms with Crippen LogP contribution >= 0.6 is 0 Å². The van der Waals surface area contributed by atoms with Gasteiger partial charge in [-0.3, -0.25) is 9.69 Å². The van der Waals surface area contributed by atoms with Gasteiger partial charge in [0.2, 0.25) is 0 Å². The van der Waals surface area contributed by atoms with Gasteiger partial charge in [-0.25, -0.2) is 4.79 Å². The van der Waals surface area contributed by atoms with E-state index < -0.39 is 17.7 Å². The molecule has 0 bridgehead atoms. The SMILES string of the molecule is Cc1ccc(N2C(=O)Nc3ccccc3[C@]2(O)C(=O)NCCN(C)C)cc1C. The molecule has 0 saturated carbocycles. The van der Waals surface area contributed by atoms with E-state index in [-0.39, 0.29) is 0 Å². The van der Waals surface area contributed by atoms with Crippen LogP contribution in [0.5, 0.6) is 0 Å². The zero-order valence-corrected chi connectivity index (χ0v) is 16.6. The van der Waals surface area contributed by atoms with Crippen LogP contribution in [0, 0.1) is 13.8 Å². The van der Waals surface area contributed by atoms with Gasteiger partial charge in [0.05, 0.1) is 5.69 Å². The highest BCUT2D eigenvalue weighted by atomic mass is 16.3. The fraction of sp³-hybridized carbons (Fsp3) is 0.333. The molecule has 0 spiro atoms. The number of anilines is 2. The van der Waals surface area contributed by atoms with Crippen LogP contribution in [-0.2, 0) is 10.5 Å². The summed E-state index contributed by atoms with van der Waals surface area (Å²) in [5.41, 5.74) is 1.04. The Morgan fingerprint density at radius 1 is 1.18 bits per heavy atom. The van der Waals surface area contributed by atoms with Gasteiger partial charge in [0.25, 0.3) is 11.6 Å². The highest BCUT2D eigenvalue weighted by Crippen LogP contribution is 2.40. The minimum Gasteiger partial charge on any atom is -0.359 e. The van der Waals surface area contributed by atoms with Crippen molar-refractivity contribution in [2.24, 2.45) is 0 Å². The molecule has 7 nitrogen and oxygen atoms in total. The maximum Gasteiger partial charge on any atom is 0.329 e. The number of carbonyl (C=O) groups excluding carboxylic acids is 2. The first-order chi connectivity index (χ1) is 13.2. The van der Waals surface area contributed by atoms with E-state index in [0.717, 1.165) is 16.0 Å². The second kappa shape index (κ2) is 7.61. The van der Waals surface area contributed by atoms with Crippen LogP contribution in [0.1, 0.15) is 16.7 Å². The summed E-state index contributed by atoms with van der Waals surface area (Å²) in [7, 11) is 3.79. The van der Waals surface area contributed by atoms with Gasteiger partial charge in [0, 0.05) is 24.3 Å². The molecule has 0 fully saturated rings. The van der Waals surface area contributed by atoms with Crippen LogP contribution in [0.3, 0.4) is 0 Å². The van der Waals surface area contributed by atoms with E-state index in [0.29, 0.717) is 30.0 Å². The number of hydrogen-bond donors (Lipinski definition) is 3. The number of nitrogens with one attached hydrogen (secondary N) is 2. The summed E-state index contributed by atoms with van der Waals surface area (Å²) in [4.78, 5) is 29.1. The molecule has 3 N–H and O–H groups in total. The summed E-state index contributed by atoms with van der Waals surface area (Å²) >= 11 is 0. The molecule has 148 valence electrons. The third-order valence-corrected chi connectivity index (χ3v) is 4.98. The van der Waals surface area contributed by atoms with E-state index in [1.165, 1.54) is 0 Å². The molecule has 3 rings (SSSR count). The third-order valence-electron chi connectivity index (χ3n) is 4.98. The zero-order chi connectivity index (χ0) is 20.5. The fourth-order valence-corrected chi connectivity index (χ4v) is 3.24. The predicted octanol–water partition coefficient (Wildman–Crippen LogP) is 2.18. The minimum atomic E-state index is -2.16. The van der Waals surface area contributed by atoms with E-state index in [1.807, 2.05) is 38.9 Å². The maximum atomic E-state index is 13.1. The van der Waals surface area contributed by atoms with E-state index in [4.69, 9.17) is 0 Å². The van der Waals surface area contributed by atoms with Crippen LogP contribution < -0.4 is 15.5 Å². The summed E-state index contributed by atoms with van der Waals surface area (Å²) in [6, 6.07) is 11.6. The van der Waals surface area contributed by atoms with Crippen molar-refractivity contribution in [1.82, 2.24) is 10.2 Å². The molecule has 2 aromatic carbocycles. The monoisotopic (exact) mass is 382 g/mol. The second-order valence-electron chi connectivity index (χ2n) is 7.31. The van der Waals surface area contributed by atoms with Gasteiger partial charge in [0.1, 0.15) is 0 Å². The van der Waals surface area contributed by atoms with Crippen molar-refractivity contribution in [3.05, 3.63) is 59.2 Å². The van der Waals surface area contributed by atoms with Gasteiger partial charge in [-0.15, -0.1) is 0 Å². The van der Waals surface area contributed by atoms with E-state index in [1.54, 1.807) is 36.4 Å². The summed E-state index contributed by atoms with van der Waals surface area (Å²) in [5.74, 6) is -0.644. The van der Waals surface area contributed by atoms with Gasteiger partial charge >= 0.3 is 6.03 Å². The second-order valence-corrected chi connectivity index (χ2v) is 7.31. The van der Waals surface area contributed by atoms with Crippen molar-refractivity contribution >= 4 is 23.3 Å². The summed E-state index contributed by atoms with van der Waals surface area (Å²) < 4.78 is 0. The maximum absolute atomic E-state index is 13.1. The van der Waals surface area contributed by atoms with Gasteiger partial charge in [-0.1, -0.05) is 24.3 Å². The van der Waals surface area contributed by atoms with E-state index in [9.17, 15) is 14.7 Å². The topological polar surface area (TPSA) is 84.9 Å². The number of rotatable bonds is 5. The summed E-state index contributed by atoms with van der Waals surface area (Å²) in [6.07, 6.45) is 0. The first kappa shape index (κ1) is 19.9. The molecule has 0 aliphatic carbocycles. The van der Waals surface area contributed by atoms with Crippen molar-refractivity contribution in [1.29, 1.82) is 0 Å². The first-order valence-corrected chi connectivity index (χ1v) is 9.18. The van der Waals surface area contributed by atoms with Crippen molar-refractivity contribution in [2.75, 3.05) is 37.4 Å². The number of amides is 3. The Hall–Kier alpha value is -2.90. The lowest BCUT2D eigenvalue weighted by Gasteiger charge is -2.42. The Morgan fingerprint density at radius 2 is 1.89 bits per heavy atom. The Bertz CT molecular complexity index is 912. The molecule has 1 heterocycles. The van der Waals surface area contributed by atoms with E-state index >= 15 is 0 Å². The lowest BCUT2D eigenvalue weighted by Crippen LogP contribution is -2.63. The van der Waals surface area contributed by atoms with Gasteiger partial charge < -0.3 is 20.6 Å². The Balaban J connectivity index is 2.09. The number of urea groups is 1. The van der Waals surface area contributed by atoms with Crippen LogP contribution in [0.4, 0.5) is 16.2 Å². The predicted molar refractivity (Wildman–Crippen MR) is 109 cm³/mol. The number of nitrogens with zero attached hydrogens (tertiary/aromatic N) is 2. The highest BCUT2D eigenvalue weighted by molar-refractivity contribution is 6.11. The van der Waals surface area contributed by atoms with E-state index in [2.05, 4.69) is 10.6 Å². The standard InChI is InChI=1S/C21H26N4O3/c1-14-9-10-16(13-15(14)2)25-20(27)23-18-8-6-5-7-17(18)21(25,28)19(26)22-11-12-24(3)4/h5-10,13,28H,11-12H2,1-4H3,(H,22,26)(H,23,27)/t21-/m0/s1. The van der Waals surface area contributed by atoms with Gasteiger partial charge in [0.15, 0.2) is 0 Å². The normalized spacial score (nSPS) is 18.6. The number of carbonyl (C=O) groups is 2. The smallest absolute Gasteiger partial charge is 0.329 e. The lowest BCUT2D eigenvalue weighted by atomic mass is 9.94. The van der Waals surface area contributed by atoms with Gasteiger partial charge in [-0.2, -0.15) is 0 Å².